The first-order valence-electron chi connectivity index (χ1n) is 9.74. The molecule has 0 saturated carbocycles. The molecule has 1 saturated heterocycles. The number of alkyl halides is 3. The van der Waals surface area contributed by atoms with Gasteiger partial charge >= 0.3 is 6.18 Å². The Morgan fingerprint density at radius 1 is 1.14 bits per heavy atom. The van der Waals surface area contributed by atoms with Crippen molar-refractivity contribution in [3.05, 3.63) is 35.4 Å². The number of nitrogens with one attached hydrogen (secondary N) is 2. The van der Waals surface area contributed by atoms with Crippen LogP contribution in [0.2, 0.25) is 0 Å². The number of benzene rings is 1. The smallest absolute Gasteiger partial charge is 0.355 e. The predicted octanol–water partition coefficient (Wildman–Crippen LogP) is 3.26. The lowest BCUT2D eigenvalue weighted by Gasteiger charge is -2.40. The molecule has 1 aliphatic rings. The van der Waals surface area contributed by atoms with Gasteiger partial charge in [-0.3, -0.25) is 9.89 Å². The zero-order valence-corrected chi connectivity index (χ0v) is 19.9. The van der Waals surface area contributed by atoms with Crippen LogP contribution in [0.3, 0.4) is 0 Å². The van der Waals surface area contributed by atoms with E-state index in [0.717, 1.165) is 38.8 Å². The maximum absolute atomic E-state index is 12.9. The Kier molecular flexibility index (Phi) is 10.7. The van der Waals surface area contributed by atoms with Gasteiger partial charge in [-0.15, -0.1) is 24.0 Å². The summed E-state index contributed by atoms with van der Waals surface area (Å²) >= 11 is 0. The number of piperazine rings is 1. The molecule has 1 atom stereocenters. The van der Waals surface area contributed by atoms with Gasteiger partial charge in [0, 0.05) is 52.4 Å². The number of aliphatic imine (C=N–C) groups is 1. The van der Waals surface area contributed by atoms with Gasteiger partial charge in [-0.25, -0.2) is 0 Å². The van der Waals surface area contributed by atoms with E-state index in [1.54, 1.807) is 13.1 Å². The maximum atomic E-state index is 12.9. The quantitative estimate of drug-likeness (QED) is 0.339. The molecule has 29 heavy (non-hydrogen) atoms. The topological polar surface area (TPSA) is 42.9 Å². The van der Waals surface area contributed by atoms with Crippen molar-refractivity contribution in [2.24, 2.45) is 10.9 Å². The average molecular weight is 527 g/mol. The number of guanidine groups is 1. The van der Waals surface area contributed by atoms with Crippen molar-refractivity contribution < 1.29 is 13.2 Å². The van der Waals surface area contributed by atoms with E-state index < -0.39 is 11.7 Å². The number of halogens is 4. The van der Waals surface area contributed by atoms with Crippen molar-refractivity contribution in [1.29, 1.82) is 0 Å². The second kappa shape index (κ2) is 11.9. The Labute approximate surface area is 189 Å². The second-order valence-corrected chi connectivity index (χ2v) is 7.66. The molecule has 2 N–H and O–H groups in total. The molecule has 2 rings (SSSR count). The molecular weight excluding hydrogens is 494 g/mol. The van der Waals surface area contributed by atoms with E-state index in [9.17, 15) is 13.2 Å². The lowest BCUT2D eigenvalue weighted by atomic mass is 10.0. The molecular formula is C20H33F3IN5. The number of rotatable bonds is 6. The zero-order chi connectivity index (χ0) is 20.7. The Balaban J connectivity index is 0.00000420. The predicted molar refractivity (Wildman–Crippen MR) is 123 cm³/mol. The van der Waals surface area contributed by atoms with Gasteiger partial charge in [0.05, 0.1) is 5.56 Å². The molecule has 9 heteroatoms. The highest BCUT2D eigenvalue weighted by atomic mass is 127. The van der Waals surface area contributed by atoms with Crippen molar-refractivity contribution in [3.63, 3.8) is 0 Å². The van der Waals surface area contributed by atoms with Crippen LogP contribution in [-0.4, -0.2) is 68.6 Å². The molecule has 1 aliphatic heterocycles. The fourth-order valence-corrected chi connectivity index (χ4v) is 3.41. The molecule has 0 amide bonds. The summed E-state index contributed by atoms with van der Waals surface area (Å²) in [5.74, 6) is 1.08. The van der Waals surface area contributed by atoms with Gasteiger partial charge in [0.25, 0.3) is 0 Å². The molecule has 5 nitrogen and oxygen atoms in total. The summed E-state index contributed by atoms with van der Waals surface area (Å²) in [7, 11) is 3.81. The molecule has 1 heterocycles. The first-order chi connectivity index (χ1) is 13.2. The van der Waals surface area contributed by atoms with Crippen LogP contribution in [-0.2, 0) is 12.7 Å². The molecule has 1 aromatic carbocycles. The second-order valence-electron chi connectivity index (χ2n) is 7.66. The Morgan fingerprint density at radius 3 is 2.34 bits per heavy atom. The Morgan fingerprint density at radius 2 is 1.79 bits per heavy atom. The third-order valence-corrected chi connectivity index (χ3v) is 5.19. The van der Waals surface area contributed by atoms with Gasteiger partial charge in [-0.1, -0.05) is 26.0 Å². The lowest BCUT2D eigenvalue weighted by Crippen LogP contribution is -2.55. The first-order valence-corrected chi connectivity index (χ1v) is 9.74. The summed E-state index contributed by atoms with van der Waals surface area (Å²) < 4.78 is 38.6. The van der Waals surface area contributed by atoms with Crippen LogP contribution in [0.5, 0.6) is 0 Å². The molecule has 1 aromatic rings. The van der Waals surface area contributed by atoms with Crippen LogP contribution in [0, 0.1) is 5.92 Å². The third kappa shape index (κ3) is 8.29. The highest BCUT2D eigenvalue weighted by Crippen LogP contribution is 2.29. The summed E-state index contributed by atoms with van der Waals surface area (Å²) in [5, 5.41) is 6.45. The third-order valence-electron chi connectivity index (χ3n) is 5.19. The largest absolute Gasteiger partial charge is 0.416 e. The Hall–Kier alpha value is -1.07. The van der Waals surface area contributed by atoms with Crippen molar-refractivity contribution in [3.8, 4) is 0 Å². The average Bonchev–Trinajstić information content (AvgIpc) is 2.65. The standard InChI is InChI=1S/C20H32F3N5.HI/c1-15(2)18(28-10-8-27(4)9-11-28)14-26-19(24-3)25-13-16-6-5-7-17(12-16)20(21,22)23;/h5-7,12,15,18H,8-11,13-14H2,1-4H3,(H2,24,25,26);1H. The Bertz CT molecular complexity index is 643. The van der Waals surface area contributed by atoms with Crippen LogP contribution in [0.25, 0.3) is 0 Å². The van der Waals surface area contributed by atoms with Crippen molar-refractivity contribution in [2.75, 3.05) is 46.8 Å². The van der Waals surface area contributed by atoms with Crippen LogP contribution >= 0.6 is 24.0 Å². The lowest BCUT2D eigenvalue weighted by molar-refractivity contribution is -0.137. The van der Waals surface area contributed by atoms with E-state index in [1.165, 1.54) is 12.1 Å². The van der Waals surface area contributed by atoms with Crippen LogP contribution in [0.4, 0.5) is 13.2 Å². The molecule has 0 bridgehead atoms. The van der Waals surface area contributed by atoms with E-state index in [1.807, 2.05) is 0 Å². The van der Waals surface area contributed by atoms with E-state index in [2.05, 4.69) is 46.3 Å². The summed E-state index contributed by atoms with van der Waals surface area (Å²) in [6, 6.07) is 5.73. The highest BCUT2D eigenvalue weighted by Gasteiger charge is 2.30. The minimum atomic E-state index is -4.33. The molecule has 1 unspecified atom stereocenters. The monoisotopic (exact) mass is 527 g/mol. The SMILES string of the molecule is CN=C(NCc1cccc(C(F)(F)F)c1)NCC(C(C)C)N1CCN(C)CC1.I. The number of hydrogen-bond donors (Lipinski definition) is 2. The fraction of sp³-hybridized carbons (Fsp3) is 0.650. The van der Waals surface area contributed by atoms with Gasteiger partial charge in [-0.2, -0.15) is 13.2 Å². The van der Waals surface area contributed by atoms with Gasteiger partial charge in [0.1, 0.15) is 0 Å². The van der Waals surface area contributed by atoms with Crippen molar-refractivity contribution in [2.45, 2.75) is 32.6 Å². The van der Waals surface area contributed by atoms with Crippen LogP contribution < -0.4 is 10.6 Å². The van der Waals surface area contributed by atoms with E-state index >= 15 is 0 Å². The van der Waals surface area contributed by atoms with Gasteiger partial charge in [-0.05, 0) is 30.7 Å². The fourth-order valence-electron chi connectivity index (χ4n) is 3.41. The van der Waals surface area contributed by atoms with E-state index in [0.29, 0.717) is 23.5 Å². The molecule has 166 valence electrons. The summed E-state index contributed by atoms with van der Waals surface area (Å²) in [5.41, 5.74) is -0.0677. The van der Waals surface area contributed by atoms with Crippen LogP contribution in [0.1, 0.15) is 25.0 Å². The van der Waals surface area contributed by atoms with E-state index in [4.69, 9.17) is 0 Å². The van der Waals surface area contributed by atoms with Gasteiger partial charge in [0.15, 0.2) is 5.96 Å². The maximum Gasteiger partial charge on any atom is 0.416 e. The van der Waals surface area contributed by atoms with Gasteiger partial charge < -0.3 is 15.5 Å². The summed E-state index contributed by atoms with van der Waals surface area (Å²) in [4.78, 5) is 9.04. The minimum absolute atomic E-state index is 0. The molecule has 0 aliphatic carbocycles. The van der Waals surface area contributed by atoms with Crippen molar-refractivity contribution in [1.82, 2.24) is 20.4 Å². The number of likely N-dealkylation sites (N-methyl/N-ethyl adjacent to an activating group) is 1. The molecule has 0 aromatic heterocycles. The molecule has 0 radical (unpaired) electrons. The summed E-state index contributed by atoms with van der Waals surface area (Å²) in [6.07, 6.45) is -4.33. The first kappa shape index (κ1) is 26.0. The number of hydrogen-bond acceptors (Lipinski definition) is 3. The number of nitrogens with zero attached hydrogens (tertiary/aromatic N) is 3. The van der Waals surface area contributed by atoms with Crippen LogP contribution in [0.15, 0.2) is 29.3 Å². The minimum Gasteiger partial charge on any atom is -0.355 e. The zero-order valence-electron chi connectivity index (χ0n) is 17.6. The molecule has 1 fully saturated rings. The van der Waals surface area contributed by atoms with Crippen molar-refractivity contribution >= 4 is 29.9 Å². The van der Waals surface area contributed by atoms with E-state index in [-0.39, 0.29) is 30.5 Å². The normalized spacial score (nSPS) is 17.7. The molecule has 0 spiro atoms. The highest BCUT2D eigenvalue weighted by molar-refractivity contribution is 14.0. The van der Waals surface area contributed by atoms with Gasteiger partial charge in [0.2, 0.25) is 0 Å². The summed E-state index contributed by atoms with van der Waals surface area (Å²) in [6.45, 7) is 9.65.